The summed E-state index contributed by atoms with van der Waals surface area (Å²) in [5.74, 6) is 0. The fraction of sp³-hybridized carbons (Fsp3) is 0.200. The largest absolute Gasteiger partial charge is 0.398 e. The quantitative estimate of drug-likeness (QED) is 0.813. The van der Waals surface area contributed by atoms with Crippen molar-refractivity contribution in [3.63, 3.8) is 0 Å². The lowest BCUT2D eigenvalue weighted by Crippen LogP contribution is -2.08. The Hall–Kier alpha value is -1.40. The molecule has 0 radical (unpaired) electrons. The lowest BCUT2D eigenvalue weighted by atomic mass is 10.1. The van der Waals surface area contributed by atoms with Crippen LogP contribution in [0.5, 0.6) is 0 Å². The van der Waals surface area contributed by atoms with Gasteiger partial charge in [0.25, 0.3) is 0 Å². The van der Waals surface area contributed by atoms with Crippen LogP contribution in [-0.2, 0) is 7.05 Å². The molecule has 1 aromatic carbocycles. The number of halogens is 1. The number of aliphatic hydroxyl groups excluding tert-OH is 1. The molecule has 2 rings (SSSR count). The molecule has 0 spiro atoms. The van der Waals surface area contributed by atoms with Gasteiger partial charge in [0.05, 0.1) is 11.9 Å². The van der Waals surface area contributed by atoms with Gasteiger partial charge in [0.1, 0.15) is 6.10 Å². The summed E-state index contributed by atoms with van der Waals surface area (Å²) in [6.07, 6.45) is 0.697. The average molecular weight is 283 g/mol. The van der Waals surface area contributed by atoms with Crippen LogP contribution in [-0.4, -0.2) is 20.1 Å². The highest BCUT2D eigenvalue weighted by molar-refractivity contribution is 9.10. The maximum Gasteiger partial charge on any atom is 0.124 e. The number of hydrogen-bond donors (Lipinski definition) is 2. The van der Waals surface area contributed by atoms with E-state index in [1.54, 1.807) is 19.2 Å². The third-order valence-corrected chi connectivity index (χ3v) is 2.87. The molecule has 6 heteroatoms. The van der Waals surface area contributed by atoms with Crippen molar-refractivity contribution in [2.75, 3.05) is 5.73 Å². The molecule has 0 saturated heterocycles. The molecule has 0 saturated carbocycles. The van der Waals surface area contributed by atoms with Crippen molar-refractivity contribution in [1.82, 2.24) is 15.0 Å². The highest BCUT2D eigenvalue weighted by Crippen LogP contribution is 2.28. The van der Waals surface area contributed by atoms with Gasteiger partial charge >= 0.3 is 0 Å². The van der Waals surface area contributed by atoms with Gasteiger partial charge in [-0.25, -0.2) is 4.68 Å². The number of aliphatic hydroxyl groups is 1. The van der Waals surface area contributed by atoms with Gasteiger partial charge in [-0.2, -0.15) is 0 Å². The van der Waals surface area contributed by atoms with Crippen LogP contribution in [0.3, 0.4) is 0 Å². The highest BCUT2D eigenvalue weighted by Gasteiger charge is 2.17. The predicted octanol–water partition coefficient (Wildman–Crippen LogP) is 1.24. The van der Waals surface area contributed by atoms with E-state index in [2.05, 4.69) is 26.2 Å². The van der Waals surface area contributed by atoms with Crippen molar-refractivity contribution < 1.29 is 5.11 Å². The minimum absolute atomic E-state index is 0.539. The van der Waals surface area contributed by atoms with E-state index in [1.165, 1.54) is 10.9 Å². The molecular weight excluding hydrogens is 272 g/mol. The first kappa shape index (κ1) is 11.1. The van der Waals surface area contributed by atoms with Gasteiger partial charge < -0.3 is 10.8 Å². The van der Waals surface area contributed by atoms with Crippen molar-refractivity contribution in [3.05, 3.63) is 40.1 Å². The molecule has 0 aliphatic heterocycles. The molecule has 84 valence electrons. The number of aromatic nitrogens is 3. The van der Waals surface area contributed by atoms with Crippen LogP contribution in [0.1, 0.15) is 17.4 Å². The number of nitrogen functional groups attached to an aromatic ring is 1. The Kier molecular flexibility index (Phi) is 2.93. The summed E-state index contributed by atoms with van der Waals surface area (Å²) in [6, 6.07) is 5.35. The van der Waals surface area contributed by atoms with Crippen LogP contribution in [0.25, 0.3) is 0 Å². The van der Waals surface area contributed by atoms with Crippen molar-refractivity contribution >= 4 is 21.6 Å². The summed E-state index contributed by atoms with van der Waals surface area (Å²) < 4.78 is 2.39. The second-order valence-electron chi connectivity index (χ2n) is 3.46. The molecule has 0 aliphatic carbocycles. The van der Waals surface area contributed by atoms with Gasteiger partial charge in [-0.15, -0.1) is 5.10 Å². The molecule has 0 aliphatic rings. The van der Waals surface area contributed by atoms with E-state index >= 15 is 0 Å². The second kappa shape index (κ2) is 4.23. The highest BCUT2D eigenvalue weighted by atomic mass is 79.9. The number of anilines is 1. The second-order valence-corrected chi connectivity index (χ2v) is 4.37. The van der Waals surface area contributed by atoms with Crippen LogP contribution in [0.15, 0.2) is 28.9 Å². The zero-order chi connectivity index (χ0) is 11.7. The number of nitrogens with two attached hydrogens (primary N) is 1. The third-order valence-electron chi connectivity index (χ3n) is 2.37. The first-order valence-corrected chi connectivity index (χ1v) is 5.46. The number of rotatable bonds is 2. The zero-order valence-corrected chi connectivity index (χ0v) is 10.2. The van der Waals surface area contributed by atoms with Crippen LogP contribution in [0.2, 0.25) is 0 Å². The maximum absolute atomic E-state index is 10.2. The monoisotopic (exact) mass is 282 g/mol. The molecule has 1 atom stereocenters. The van der Waals surface area contributed by atoms with Crippen LogP contribution < -0.4 is 5.73 Å². The number of benzene rings is 1. The molecule has 0 amide bonds. The third kappa shape index (κ3) is 1.94. The maximum atomic E-state index is 10.2. The summed E-state index contributed by atoms with van der Waals surface area (Å²) in [5, 5.41) is 17.7. The Labute approximate surface area is 101 Å². The Bertz CT molecular complexity index is 511. The molecule has 0 fully saturated rings. The molecule has 1 heterocycles. The van der Waals surface area contributed by atoms with E-state index in [9.17, 15) is 5.11 Å². The lowest BCUT2D eigenvalue weighted by Gasteiger charge is -2.13. The van der Waals surface area contributed by atoms with Gasteiger partial charge in [0.2, 0.25) is 0 Å². The topological polar surface area (TPSA) is 77.0 Å². The van der Waals surface area contributed by atoms with E-state index in [0.717, 1.165) is 4.47 Å². The van der Waals surface area contributed by atoms with Gasteiger partial charge in [-0.05, 0) is 18.2 Å². The zero-order valence-electron chi connectivity index (χ0n) is 8.63. The van der Waals surface area contributed by atoms with Crippen LogP contribution in [0.4, 0.5) is 5.69 Å². The standard InChI is InChI=1S/C10H11BrN4O/c1-15-9(5-13-14-15)10(16)7-4-6(11)2-3-8(7)12/h2-5,10,16H,12H2,1H3. The van der Waals surface area contributed by atoms with Gasteiger partial charge in [0, 0.05) is 22.8 Å². The van der Waals surface area contributed by atoms with Gasteiger partial charge in [-0.3, -0.25) is 0 Å². The van der Waals surface area contributed by atoms with Crippen LogP contribution >= 0.6 is 15.9 Å². The van der Waals surface area contributed by atoms with E-state index in [0.29, 0.717) is 16.9 Å². The van der Waals surface area contributed by atoms with Crippen molar-refractivity contribution in [3.8, 4) is 0 Å². The Morgan fingerprint density at radius 1 is 1.50 bits per heavy atom. The summed E-state index contributed by atoms with van der Waals surface area (Å²) >= 11 is 3.34. The number of hydrogen-bond acceptors (Lipinski definition) is 4. The summed E-state index contributed by atoms with van der Waals surface area (Å²) in [4.78, 5) is 0. The Morgan fingerprint density at radius 2 is 2.25 bits per heavy atom. The van der Waals surface area contributed by atoms with Gasteiger partial charge in [0.15, 0.2) is 0 Å². The van der Waals surface area contributed by atoms with Gasteiger partial charge in [-0.1, -0.05) is 21.1 Å². The minimum atomic E-state index is -0.822. The van der Waals surface area contributed by atoms with Crippen molar-refractivity contribution in [2.24, 2.45) is 7.05 Å². The minimum Gasteiger partial charge on any atom is -0.398 e. The molecule has 1 aromatic heterocycles. The van der Waals surface area contributed by atoms with Crippen LogP contribution in [0, 0.1) is 0 Å². The van der Waals surface area contributed by atoms with E-state index in [1.807, 2.05) is 6.07 Å². The summed E-state index contributed by atoms with van der Waals surface area (Å²) in [5.41, 5.74) is 7.59. The fourth-order valence-corrected chi connectivity index (χ4v) is 1.87. The molecule has 16 heavy (non-hydrogen) atoms. The average Bonchev–Trinajstić information content (AvgIpc) is 2.67. The Morgan fingerprint density at radius 3 is 2.88 bits per heavy atom. The number of aryl methyl sites for hydroxylation is 1. The Balaban J connectivity index is 2.45. The number of nitrogens with zero attached hydrogens (tertiary/aromatic N) is 3. The fourth-order valence-electron chi connectivity index (χ4n) is 1.49. The summed E-state index contributed by atoms with van der Waals surface area (Å²) in [7, 11) is 1.72. The van der Waals surface area contributed by atoms with E-state index in [-0.39, 0.29) is 0 Å². The predicted molar refractivity (Wildman–Crippen MR) is 63.6 cm³/mol. The smallest absolute Gasteiger partial charge is 0.124 e. The SMILES string of the molecule is Cn1nncc1C(O)c1cc(Br)ccc1N. The summed E-state index contributed by atoms with van der Waals surface area (Å²) in [6.45, 7) is 0. The van der Waals surface area contributed by atoms with E-state index < -0.39 is 6.10 Å². The molecule has 5 nitrogen and oxygen atoms in total. The van der Waals surface area contributed by atoms with E-state index in [4.69, 9.17) is 5.73 Å². The molecule has 0 bridgehead atoms. The first-order valence-electron chi connectivity index (χ1n) is 4.67. The molecule has 1 unspecified atom stereocenters. The van der Waals surface area contributed by atoms with Crippen molar-refractivity contribution in [2.45, 2.75) is 6.10 Å². The van der Waals surface area contributed by atoms with Crippen molar-refractivity contribution in [1.29, 1.82) is 0 Å². The molecule has 2 aromatic rings. The molecule has 3 N–H and O–H groups in total. The normalized spacial score (nSPS) is 12.7. The lowest BCUT2D eigenvalue weighted by molar-refractivity contribution is 0.210. The first-order chi connectivity index (χ1) is 7.59. The molecular formula is C10H11BrN4O.